The highest BCUT2D eigenvalue weighted by atomic mass is 16.4. The molecule has 0 amide bonds. The maximum Gasteiger partial charge on any atom is 0.335 e. The van der Waals surface area contributed by atoms with E-state index in [1.54, 1.807) is 6.07 Å². The number of pyridine rings is 1. The number of anilines is 1. The number of aromatic nitrogens is 1. The average Bonchev–Trinajstić information content (AvgIpc) is 2.27. The van der Waals surface area contributed by atoms with Crippen LogP contribution in [-0.4, -0.2) is 47.6 Å². The second-order valence-corrected chi connectivity index (χ2v) is 4.99. The van der Waals surface area contributed by atoms with Crippen molar-refractivity contribution >= 4 is 11.8 Å². The zero-order chi connectivity index (χ0) is 13.7. The molecular weight excluding hydrogens is 230 g/mol. The average molecular weight is 251 g/mol. The molecule has 2 N–H and O–H groups in total. The number of rotatable bonds is 6. The Hall–Kier alpha value is -1.62. The van der Waals surface area contributed by atoms with Gasteiger partial charge in [-0.2, -0.15) is 0 Å². The van der Waals surface area contributed by atoms with Crippen molar-refractivity contribution < 1.29 is 9.90 Å². The molecular formula is C13H21N3O2. The minimum absolute atomic E-state index is 0.233. The van der Waals surface area contributed by atoms with Gasteiger partial charge >= 0.3 is 5.97 Å². The van der Waals surface area contributed by atoms with Crippen LogP contribution in [0.5, 0.6) is 0 Å². The van der Waals surface area contributed by atoms with E-state index in [9.17, 15) is 4.79 Å². The minimum atomic E-state index is -0.936. The van der Waals surface area contributed by atoms with Crippen LogP contribution in [-0.2, 0) is 0 Å². The van der Waals surface area contributed by atoms with Crippen LogP contribution < -0.4 is 5.32 Å². The summed E-state index contributed by atoms with van der Waals surface area (Å²) in [4.78, 5) is 17.1. The Morgan fingerprint density at radius 3 is 2.67 bits per heavy atom. The normalized spacial score (nSPS) is 12.8. The van der Waals surface area contributed by atoms with E-state index in [0.29, 0.717) is 11.7 Å². The zero-order valence-corrected chi connectivity index (χ0v) is 11.3. The molecule has 1 aromatic heterocycles. The molecule has 5 nitrogen and oxygen atoms in total. The summed E-state index contributed by atoms with van der Waals surface area (Å²) in [5.74, 6) is 0.104. The standard InChI is InChI=1S/C13H21N3O2/c1-9(2)11(8-16(3)4)15-12-7-10(13(17)18)5-6-14-12/h5-7,9,11H,8H2,1-4H3,(H,14,15)(H,17,18). The molecule has 1 unspecified atom stereocenters. The molecule has 5 heteroatoms. The third-order valence-electron chi connectivity index (χ3n) is 2.71. The van der Waals surface area contributed by atoms with Gasteiger partial charge in [0.05, 0.1) is 5.56 Å². The third kappa shape index (κ3) is 4.33. The van der Waals surface area contributed by atoms with Gasteiger partial charge in [0.15, 0.2) is 0 Å². The van der Waals surface area contributed by atoms with Crippen molar-refractivity contribution in [2.24, 2.45) is 5.92 Å². The van der Waals surface area contributed by atoms with Gasteiger partial charge in [0.1, 0.15) is 5.82 Å². The zero-order valence-electron chi connectivity index (χ0n) is 11.3. The van der Waals surface area contributed by atoms with Gasteiger partial charge in [0, 0.05) is 18.8 Å². The van der Waals surface area contributed by atoms with Crippen molar-refractivity contribution in [1.29, 1.82) is 0 Å². The largest absolute Gasteiger partial charge is 0.478 e. The summed E-state index contributed by atoms with van der Waals surface area (Å²) >= 11 is 0. The highest BCUT2D eigenvalue weighted by molar-refractivity contribution is 5.88. The van der Waals surface area contributed by atoms with E-state index in [1.165, 1.54) is 12.3 Å². The van der Waals surface area contributed by atoms with Crippen LogP contribution >= 0.6 is 0 Å². The predicted molar refractivity (Wildman–Crippen MR) is 72.0 cm³/mol. The SMILES string of the molecule is CC(C)C(CN(C)C)Nc1cc(C(=O)O)ccn1. The van der Waals surface area contributed by atoms with Gasteiger partial charge in [-0.05, 0) is 32.1 Å². The van der Waals surface area contributed by atoms with Gasteiger partial charge in [-0.25, -0.2) is 9.78 Å². The predicted octanol–water partition coefficient (Wildman–Crippen LogP) is 1.78. The van der Waals surface area contributed by atoms with E-state index in [-0.39, 0.29) is 11.6 Å². The second kappa shape index (κ2) is 6.35. The molecule has 0 spiro atoms. The summed E-state index contributed by atoms with van der Waals surface area (Å²) in [5, 5.41) is 12.2. The molecule has 0 aromatic carbocycles. The first-order valence-corrected chi connectivity index (χ1v) is 6.00. The van der Waals surface area contributed by atoms with Crippen molar-refractivity contribution in [3.63, 3.8) is 0 Å². The molecule has 0 aliphatic carbocycles. The first kappa shape index (κ1) is 14.4. The Morgan fingerprint density at radius 2 is 2.17 bits per heavy atom. The number of hydrogen-bond donors (Lipinski definition) is 2. The smallest absolute Gasteiger partial charge is 0.335 e. The minimum Gasteiger partial charge on any atom is -0.478 e. The first-order valence-electron chi connectivity index (χ1n) is 6.00. The van der Waals surface area contributed by atoms with Gasteiger partial charge < -0.3 is 15.3 Å². The number of aromatic carboxylic acids is 1. The molecule has 0 radical (unpaired) electrons. The summed E-state index contributed by atoms with van der Waals surface area (Å²) in [7, 11) is 4.02. The van der Waals surface area contributed by atoms with Crippen LogP contribution in [0.25, 0.3) is 0 Å². The van der Waals surface area contributed by atoms with Gasteiger partial charge in [0.25, 0.3) is 0 Å². The number of hydrogen-bond acceptors (Lipinski definition) is 4. The lowest BCUT2D eigenvalue weighted by Crippen LogP contribution is -2.36. The van der Waals surface area contributed by atoms with Gasteiger partial charge in [-0.15, -0.1) is 0 Å². The number of likely N-dealkylation sites (N-methyl/N-ethyl adjacent to an activating group) is 1. The molecule has 1 heterocycles. The fraction of sp³-hybridized carbons (Fsp3) is 0.538. The second-order valence-electron chi connectivity index (χ2n) is 4.99. The molecule has 100 valence electrons. The summed E-state index contributed by atoms with van der Waals surface area (Å²) in [5.41, 5.74) is 0.250. The summed E-state index contributed by atoms with van der Waals surface area (Å²) < 4.78 is 0. The quantitative estimate of drug-likeness (QED) is 0.806. The Morgan fingerprint density at radius 1 is 1.50 bits per heavy atom. The van der Waals surface area contributed by atoms with E-state index >= 15 is 0 Å². The lowest BCUT2D eigenvalue weighted by atomic mass is 10.0. The maximum atomic E-state index is 10.9. The third-order valence-corrected chi connectivity index (χ3v) is 2.71. The maximum absolute atomic E-state index is 10.9. The van der Waals surface area contributed by atoms with E-state index in [4.69, 9.17) is 5.11 Å². The molecule has 0 saturated carbocycles. The summed E-state index contributed by atoms with van der Waals surface area (Å²) in [6, 6.07) is 3.29. The molecule has 1 atom stereocenters. The summed E-state index contributed by atoms with van der Waals surface area (Å²) in [6.07, 6.45) is 1.51. The molecule has 1 aromatic rings. The van der Waals surface area contributed by atoms with Gasteiger partial charge in [-0.3, -0.25) is 0 Å². The molecule has 0 aliphatic heterocycles. The highest BCUT2D eigenvalue weighted by Crippen LogP contribution is 2.12. The fourth-order valence-electron chi connectivity index (χ4n) is 1.65. The van der Waals surface area contributed by atoms with Crippen LogP contribution in [0.15, 0.2) is 18.3 Å². The molecule has 1 rings (SSSR count). The Labute approximate surface area is 108 Å². The lowest BCUT2D eigenvalue weighted by molar-refractivity contribution is 0.0697. The molecule has 0 bridgehead atoms. The Balaban J connectivity index is 2.80. The van der Waals surface area contributed by atoms with Gasteiger partial charge in [0.2, 0.25) is 0 Å². The van der Waals surface area contributed by atoms with E-state index in [0.717, 1.165) is 6.54 Å². The number of carboxylic acids is 1. The lowest BCUT2D eigenvalue weighted by Gasteiger charge is -2.26. The topological polar surface area (TPSA) is 65.5 Å². The van der Waals surface area contributed by atoms with E-state index in [2.05, 4.69) is 29.0 Å². The van der Waals surface area contributed by atoms with Crippen molar-refractivity contribution in [1.82, 2.24) is 9.88 Å². The Bertz CT molecular complexity index is 405. The molecule has 0 saturated heterocycles. The number of carboxylic acid groups (broad SMARTS) is 1. The first-order chi connectivity index (χ1) is 8.40. The van der Waals surface area contributed by atoms with Crippen molar-refractivity contribution in [2.45, 2.75) is 19.9 Å². The fourth-order valence-corrected chi connectivity index (χ4v) is 1.65. The van der Waals surface area contributed by atoms with E-state index < -0.39 is 5.97 Å². The van der Waals surface area contributed by atoms with Crippen LogP contribution in [0.2, 0.25) is 0 Å². The van der Waals surface area contributed by atoms with Crippen LogP contribution in [0.4, 0.5) is 5.82 Å². The number of nitrogens with one attached hydrogen (secondary N) is 1. The number of nitrogens with zero attached hydrogens (tertiary/aromatic N) is 2. The van der Waals surface area contributed by atoms with Gasteiger partial charge in [-0.1, -0.05) is 13.8 Å². The van der Waals surface area contributed by atoms with Crippen molar-refractivity contribution in [3.8, 4) is 0 Å². The van der Waals surface area contributed by atoms with E-state index in [1.807, 2.05) is 14.1 Å². The van der Waals surface area contributed by atoms with Crippen LogP contribution in [0, 0.1) is 5.92 Å². The van der Waals surface area contributed by atoms with Crippen LogP contribution in [0.1, 0.15) is 24.2 Å². The van der Waals surface area contributed by atoms with Crippen molar-refractivity contribution in [2.75, 3.05) is 26.0 Å². The highest BCUT2D eigenvalue weighted by Gasteiger charge is 2.15. The molecule has 0 aliphatic rings. The summed E-state index contributed by atoms with van der Waals surface area (Å²) in [6.45, 7) is 5.13. The molecule has 18 heavy (non-hydrogen) atoms. The monoisotopic (exact) mass is 251 g/mol. The molecule has 0 fully saturated rings. The Kier molecular flexibility index (Phi) is 5.09. The van der Waals surface area contributed by atoms with Crippen LogP contribution in [0.3, 0.4) is 0 Å². The number of carbonyl (C=O) groups is 1. The van der Waals surface area contributed by atoms with Crippen molar-refractivity contribution in [3.05, 3.63) is 23.9 Å².